The average molecular weight is 407 g/mol. The Morgan fingerprint density at radius 1 is 1.35 bits per heavy atom. The zero-order chi connectivity index (χ0) is 13.6. The van der Waals surface area contributed by atoms with Gasteiger partial charge in [0.2, 0.25) is 5.91 Å². The molecule has 2 fully saturated rings. The summed E-state index contributed by atoms with van der Waals surface area (Å²) in [5.74, 6) is 1.19. The van der Waals surface area contributed by atoms with Gasteiger partial charge in [0, 0.05) is 15.3 Å². The van der Waals surface area contributed by atoms with Gasteiger partial charge in [-0.15, -0.1) is 12.4 Å². The second-order valence-electron chi connectivity index (χ2n) is 5.89. The zero-order valence-electron chi connectivity index (χ0n) is 11.4. The molecule has 1 amide bonds. The summed E-state index contributed by atoms with van der Waals surface area (Å²) in [6.07, 6.45) is 3.52. The molecule has 3 nitrogen and oxygen atoms in total. The third kappa shape index (κ3) is 2.83. The van der Waals surface area contributed by atoms with Gasteiger partial charge in [0.15, 0.2) is 0 Å². The summed E-state index contributed by atoms with van der Waals surface area (Å²) < 4.78 is 1.17. The van der Waals surface area contributed by atoms with E-state index >= 15 is 0 Å². The van der Waals surface area contributed by atoms with E-state index in [1.165, 1.54) is 22.0 Å². The Hall–Kier alpha value is -0.330. The molecule has 0 radical (unpaired) electrons. The molecule has 0 heterocycles. The molecule has 2 aliphatic rings. The third-order valence-corrected chi connectivity index (χ3v) is 5.88. The van der Waals surface area contributed by atoms with Crippen LogP contribution in [-0.4, -0.2) is 11.9 Å². The van der Waals surface area contributed by atoms with Crippen LogP contribution >= 0.6 is 35.0 Å². The number of hydrogen-bond donors (Lipinski definition) is 2. The number of amides is 1. The Bertz CT molecular complexity index is 521. The van der Waals surface area contributed by atoms with Gasteiger partial charge in [-0.05, 0) is 78.3 Å². The molecule has 0 aromatic heterocycles. The van der Waals surface area contributed by atoms with Gasteiger partial charge in [-0.3, -0.25) is 4.79 Å². The minimum absolute atomic E-state index is 0. The van der Waals surface area contributed by atoms with Crippen LogP contribution in [0.4, 0.5) is 5.69 Å². The van der Waals surface area contributed by atoms with Crippen LogP contribution in [0.25, 0.3) is 0 Å². The van der Waals surface area contributed by atoms with Crippen LogP contribution in [0.15, 0.2) is 18.2 Å². The van der Waals surface area contributed by atoms with Crippen LogP contribution < -0.4 is 11.1 Å². The molecule has 0 saturated heterocycles. The number of benzene rings is 1. The van der Waals surface area contributed by atoms with Crippen molar-refractivity contribution in [2.45, 2.75) is 32.2 Å². The number of aryl methyl sites for hydroxylation is 1. The maximum atomic E-state index is 12.4. The lowest BCUT2D eigenvalue weighted by molar-refractivity contribution is -0.121. The van der Waals surface area contributed by atoms with Crippen molar-refractivity contribution >= 4 is 46.6 Å². The van der Waals surface area contributed by atoms with Gasteiger partial charge in [-0.2, -0.15) is 0 Å². The molecule has 4 atom stereocenters. The Morgan fingerprint density at radius 2 is 2.05 bits per heavy atom. The maximum Gasteiger partial charge on any atom is 0.229 e. The Balaban J connectivity index is 0.00000147. The number of nitrogens with one attached hydrogen (secondary N) is 1. The molecule has 0 spiro atoms. The molecular formula is C15H20ClIN2O. The molecule has 3 rings (SSSR count). The average Bonchev–Trinajstić information content (AvgIpc) is 2.94. The summed E-state index contributed by atoms with van der Waals surface area (Å²) in [5.41, 5.74) is 8.33. The summed E-state index contributed by atoms with van der Waals surface area (Å²) in [4.78, 5) is 12.4. The van der Waals surface area contributed by atoms with E-state index in [-0.39, 0.29) is 30.3 Å². The highest BCUT2D eigenvalue weighted by Gasteiger charge is 2.49. The van der Waals surface area contributed by atoms with E-state index < -0.39 is 0 Å². The van der Waals surface area contributed by atoms with Gasteiger partial charge in [-0.1, -0.05) is 6.07 Å². The standard InChI is InChI=1S/C15H19IN2O.ClH/c1-8-2-5-11(7-12(8)16)18-15(19)13-9-3-4-10(6-9)14(13)17;/h2,5,7,9-10,13-14H,3-4,6,17H2,1H3,(H,18,19);1H. The van der Waals surface area contributed by atoms with Crippen molar-refractivity contribution < 1.29 is 4.79 Å². The monoisotopic (exact) mass is 406 g/mol. The second kappa shape index (κ2) is 6.20. The molecule has 1 aromatic carbocycles. The first-order valence-electron chi connectivity index (χ1n) is 6.89. The van der Waals surface area contributed by atoms with Crippen molar-refractivity contribution in [2.75, 3.05) is 5.32 Å². The second-order valence-corrected chi connectivity index (χ2v) is 7.05. The molecule has 2 saturated carbocycles. The van der Waals surface area contributed by atoms with Crippen LogP contribution in [0.1, 0.15) is 24.8 Å². The van der Waals surface area contributed by atoms with Crippen molar-refractivity contribution in [3.8, 4) is 0 Å². The molecule has 5 heteroatoms. The summed E-state index contributed by atoms with van der Waals surface area (Å²) in [6, 6.07) is 6.09. The largest absolute Gasteiger partial charge is 0.327 e. The molecule has 1 aromatic rings. The lowest BCUT2D eigenvalue weighted by atomic mass is 9.84. The Labute approximate surface area is 139 Å². The lowest BCUT2D eigenvalue weighted by Crippen LogP contribution is -2.42. The van der Waals surface area contributed by atoms with Crippen LogP contribution in [0.5, 0.6) is 0 Å². The van der Waals surface area contributed by atoms with Crippen LogP contribution in [0, 0.1) is 28.2 Å². The number of halogens is 2. The number of carbonyl (C=O) groups excluding carboxylic acids is 1. The highest BCUT2D eigenvalue weighted by molar-refractivity contribution is 14.1. The van der Waals surface area contributed by atoms with Crippen molar-refractivity contribution in [1.29, 1.82) is 0 Å². The number of fused-ring (bicyclic) bond motifs is 2. The lowest BCUT2D eigenvalue weighted by Gasteiger charge is -2.27. The van der Waals surface area contributed by atoms with Gasteiger partial charge in [0.05, 0.1) is 5.92 Å². The van der Waals surface area contributed by atoms with Gasteiger partial charge in [0.1, 0.15) is 0 Å². The van der Waals surface area contributed by atoms with Gasteiger partial charge < -0.3 is 11.1 Å². The normalized spacial score (nSPS) is 30.9. The highest BCUT2D eigenvalue weighted by atomic mass is 127. The molecular weight excluding hydrogens is 387 g/mol. The van der Waals surface area contributed by atoms with E-state index in [1.54, 1.807) is 0 Å². The smallest absolute Gasteiger partial charge is 0.229 e. The number of carbonyl (C=O) groups is 1. The topological polar surface area (TPSA) is 55.1 Å². The first-order valence-corrected chi connectivity index (χ1v) is 7.96. The number of rotatable bonds is 2. The van der Waals surface area contributed by atoms with E-state index in [0.29, 0.717) is 11.8 Å². The number of anilines is 1. The zero-order valence-corrected chi connectivity index (χ0v) is 14.4. The van der Waals surface area contributed by atoms with Gasteiger partial charge in [-0.25, -0.2) is 0 Å². The molecule has 4 unspecified atom stereocenters. The summed E-state index contributed by atoms with van der Waals surface area (Å²) in [5, 5.41) is 3.04. The fourth-order valence-electron chi connectivity index (χ4n) is 3.62. The SMILES string of the molecule is Cc1ccc(NC(=O)C2C3CCC(C3)C2N)cc1I.Cl. The van der Waals surface area contributed by atoms with Crippen LogP contribution in [0.2, 0.25) is 0 Å². The van der Waals surface area contributed by atoms with Gasteiger partial charge in [0.25, 0.3) is 0 Å². The quantitative estimate of drug-likeness (QED) is 0.740. The number of nitrogens with two attached hydrogens (primary N) is 1. The molecule has 20 heavy (non-hydrogen) atoms. The van der Waals surface area contributed by atoms with E-state index in [9.17, 15) is 4.79 Å². The Morgan fingerprint density at radius 3 is 2.65 bits per heavy atom. The molecule has 110 valence electrons. The van der Waals surface area contributed by atoms with Crippen molar-refractivity contribution in [2.24, 2.45) is 23.5 Å². The number of hydrogen-bond acceptors (Lipinski definition) is 2. The Kier molecular flexibility index (Phi) is 4.97. The predicted octanol–water partition coefficient (Wildman–Crippen LogP) is 3.33. The predicted molar refractivity (Wildman–Crippen MR) is 92.1 cm³/mol. The first-order chi connectivity index (χ1) is 9.06. The summed E-state index contributed by atoms with van der Waals surface area (Å²) in [6.45, 7) is 2.07. The molecule has 2 aliphatic carbocycles. The molecule has 3 N–H and O–H groups in total. The molecule has 0 aliphatic heterocycles. The van der Waals surface area contributed by atoms with E-state index in [2.05, 4.69) is 34.8 Å². The summed E-state index contributed by atoms with van der Waals surface area (Å²) in [7, 11) is 0. The van der Waals surface area contributed by atoms with Gasteiger partial charge >= 0.3 is 0 Å². The molecule has 2 bridgehead atoms. The summed E-state index contributed by atoms with van der Waals surface area (Å²) >= 11 is 2.29. The highest BCUT2D eigenvalue weighted by Crippen LogP contribution is 2.47. The van der Waals surface area contributed by atoms with Crippen molar-refractivity contribution in [1.82, 2.24) is 0 Å². The van der Waals surface area contributed by atoms with Crippen molar-refractivity contribution in [3.63, 3.8) is 0 Å². The van der Waals surface area contributed by atoms with Crippen LogP contribution in [0.3, 0.4) is 0 Å². The van der Waals surface area contributed by atoms with E-state index in [1.807, 2.05) is 18.2 Å². The fraction of sp³-hybridized carbons (Fsp3) is 0.533. The van der Waals surface area contributed by atoms with Crippen LogP contribution in [-0.2, 0) is 4.79 Å². The maximum absolute atomic E-state index is 12.4. The minimum atomic E-state index is 0. The van der Waals surface area contributed by atoms with Crippen molar-refractivity contribution in [3.05, 3.63) is 27.3 Å². The third-order valence-electron chi connectivity index (χ3n) is 4.72. The van der Waals surface area contributed by atoms with E-state index in [4.69, 9.17) is 5.73 Å². The first kappa shape index (κ1) is 16.0. The fourth-order valence-corrected chi connectivity index (χ4v) is 4.14. The minimum Gasteiger partial charge on any atom is -0.327 e. The van der Waals surface area contributed by atoms with E-state index in [0.717, 1.165) is 12.1 Å².